The van der Waals surface area contributed by atoms with E-state index < -0.39 is 5.60 Å². The van der Waals surface area contributed by atoms with Gasteiger partial charge in [-0.3, -0.25) is 0 Å². The number of nitrogens with one attached hydrogen (secondary N) is 2. The summed E-state index contributed by atoms with van der Waals surface area (Å²) in [7, 11) is 0. The smallest absolute Gasteiger partial charge is 0.315 e. The summed E-state index contributed by atoms with van der Waals surface area (Å²) in [5.41, 5.74) is 0.444. The highest BCUT2D eigenvalue weighted by molar-refractivity contribution is 5.86. The lowest BCUT2D eigenvalue weighted by Crippen LogP contribution is -2.43. The molecule has 3 aromatic rings. The van der Waals surface area contributed by atoms with E-state index in [0.717, 1.165) is 16.3 Å². The second-order valence-electron chi connectivity index (χ2n) is 7.02. The van der Waals surface area contributed by atoms with Gasteiger partial charge in [0.05, 0.1) is 6.54 Å². The van der Waals surface area contributed by atoms with Gasteiger partial charge in [0, 0.05) is 6.54 Å². The Hall–Kier alpha value is -3.25. The Morgan fingerprint density at radius 3 is 2.71 bits per heavy atom. The van der Waals surface area contributed by atoms with E-state index in [1.165, 1.54) is 0 Å². The van der Waals surface area contributed by atoms with Crippen molar-refractivity contribution in [2.24, 2.45) is 0 Å². The van der Waals surface area contributed by atoms with Gasteiger partial charge in [0.2, 0.25) is 6.79 Å². The third-order valence-electron chi connectivity index (χ3n) is 4.91. The van der Waals surface area contributed by atoms with Crippen LogP contribution < -0.4 is 20.1 Å². The minimum atomic E-state index is -1.24. The van der Waals surface area contributed by atoms with Crippen LogP contribution in [0.3, 0.4) is 0 Å². The third-order valence-corrected chi connectivity index (χ3v) is 4.91. The molecule has 0 radical (unpaired) electrons. The molecule has 0 bridgehead atoms. The van der Waals surface area contributed by atoms with Gasteiger partial charge in [-0.15, -0.1) is 0 Å². The van der Waals surface area contributed by atoms with Crippen LogP contribution >= 0.6 is 0 Å². The summed E-state index contributed by atoms with van der Waals surface area (Å²) < 4.78 is 10.6. The SMILES string of the molecule is CC(O)(CNC(=O)NCc1cccc2ccccc12)c1ccc2c(c1)OCO2. The minimum Gasteiger partial charge on any atom is -0.454 e. The number of carbonyl (C=O) groups is 1. The van der Waals surface area contributed by atoms with Crippen molar-refractivity contribution in [1.82, 2.24) is 10.6 Å². The molecule has 1 aliphatic rings. The van der Waals surface area contributed by atoms with E-state index in [0.29, 0.717) is 23.6 Å². The van der Waals surface area contributed by atoms with Crippen molar-refractivity contribution < 1.29 is 19.4 Å². The number of amides is 2. The highest BCUT2D eigenvalue weighted by atomic mass is 16.7. The monoisotopic (exact) mass is 378 g/mol. The van der Waals surface area contributed by atoms with Crippen molar-refractivity contribution in [2.45, 2.75) is 19.1 Å². The summed E-state index contributed by atoms with van der Waals surface area (Å²) in [6.07, 6.45) is 0. The maximum absolute atomic E-state index is 12.2. The van der Waals surface area contributed by atoms with Gasteiger partial charge in [-0.2, -0.15) is 0 Å². The van der Waals surface area contributed by atoms with Crippen molar-refractivity contribution in [3.8, 4) is 11.5 Å². The number of urea groups is 1. The Kier molecular flexibility index (Phi) is 4.79. The van der Waals surface area contributed by atoms with Gasteiger partial charge in [0.25, 0.3) is 0 Å². The minimum absolute atomic E-state index is 0.0635. The molecule has 1 aliphatic heterocycles. The van der Waals surface area contributed by atoms with Crippen molar-refractivity contribution in [3.63, 3.8) is 0 Å². The maximum atomic E-state index is 12.2. The van der Waals surface area contributed by atoms with Gasteiger partial charge in [-0.25, -0.2) is 4.79 Å². The largest absolute Gasteiger partial charge is 0.454 e. The summed E-state index contributed by atoms with van der Waals surface area (Å²) in [6, 6.07) is 19.0. The van der Waals surface area contributed by atoms with E-state index in [2.05, 4.69) is 10.6 Å². The average Bonchev–Trinajstić information content (AvgIpc) is 3.18. The Bertz CT molecular complexity index is 1010. The lowest BCUT2D eigenvalue weighted by atomic mass is 9.95. The molecule has 3 aromatic carbocycles. The zero-order valence-electron chi connectivity index (χ0n) is 15.6. The molecule has 6 nitrogen and oxygen atoms in total. The van der Waals surface area contributed by atoms with Gasteiger partial charge in [-0.05, 0) is 41.0 Å². The van der Waals surface area contributed by atoms with Crippen LogP contribution in [-0.2, 0) is 12.1 Å². The number of rotatable bonds is 5. The van der Waals surface area contributed by atoms with Crippen molar-refractivity contribution >= 4 is 16.8 Å². The summed E-state index contributed by atoms with van der Waals surface area (Å²) >= 11 is 0. The van der Waals surface area contributed by atoms with Crippen LogP contribution in [-0.4, -0.2) is 24.5 Å². The fraction of sp³-hybridized carbons (Fsp3) is 0.227. The van der Waals surface area contributed by atoms with E-state index in [9.17, 15) is 9.90 Å². The van der Waals surface area contributed by atoms with Crippen LogP contribution in [0.5, 0.6) is 11.5 Å². The molecule has 0 saturated carbocycles. The number of fused-ring (bicyclic) bond motifs is 2. The standard InChI is InChI=1S/C22H22N2O4/c1-22(26,17-9-10-19-20(11-17)28-14-27-19)13-24-21(25)23-12-16-7-4-6-15-5-2-3-8-18(15)16/h2-11,26H,12-14H2,1H3,(H2,23,24,25). The molecule has 144 valence electrons. The number of carbonyl (C=O) groups excluding carboxylic acids is 1. The fourth-order valence-electron chi connectivity index (χ4n) is 3.27. The molecule has 0 fully saturated rings. The molecule has 3 N–H and O–H groups in total. The molecule has 1 heterocycles. The first-order valence-electron chi connectivity index (χ1n) is 9.14. The van der Waals surface area contributed by atoms with Gasteiger partial charge < -0.3 is 25.2 Å². The normalized spacial score (nSPS) is 14.5. The Labute approximate surface area is 163 Å². The number of hydrogen-bond donors (Lipinski definition) is 3. The second-order valence-corrected chi connectivity index (χ2v) is 7.02. The molecule has 4 rings (SSSR count). The maximum Gasteiger partial charge on any atom is 0.315 e. The van der Waals surface area contributed by atoms with Crippen LogP contribution in [0.4, 0.5) is 4.79 Å². The van der Waals surface area contributed by atoms with Crippen molar-refractivity contribution in [3.05, 3.63) is 71.8 Å². The van der Waals surface area contributed by atoms with Crippen LogP contribution in [0.2, 0.25) is 0 Å². The van der Waals surface area contributed by atoms with Crippen LogP contribution in [0, 0.1) is 0 Å². The topological polar surface area (TPSA) is 79.8 Å². The van der Waals surface area contributed by atoms with Gasteiger partial charge >= 0.3 is 6.03 Å². The third kappa shape index (κ3) is 3.73. The van der Waals surface area contributed by atoms with Gasteiger partial charge in [0.15, 0.2) is 11.5 Å². The molecule has 0 aliphatic carbocycles. The zero-order chi connectivity index (χ0) is 19.6. The molecule has 1 atom stereocenters. The molecule has 0 saturated heterocycles. The van der Waals surface area contributed by atoms with E-state index in [-0.39, 0.29) is 19.4 Å². The molecular weight excluding hydrogens is 356 g/mol. The van der Waals surface area contributed by atoms with E-state index in [1.807, 2.05) is 42.5 Å². The van der Waals surface area contributed by atoms with Gasteiger partial charge in [-0.1, -0.05) is 48.5 Å². The van der Waals surface area contributed by atoms with E-state index in [1.54, 1.807) is 25.1 Å². The molecule has 6 heteroatoms. The molecule has 0 aromatic heterocycles. The molecule has 28 heavy (non-hydrogen) atoms. The Morgan fingerprint density at radius 2 is 1.82 bits per heavy atom. The number of aliphatic hydroxyl groups is 1. The summed E-state index contributed by atoms with van der Waals surface area (Å²) in [6.45, 7) is 2.29. The summed E-state index contributed by atoms with van der Waals surface area (Å²) in [5.74, 6) is 1.25. The number of ether oxygens (including phenoxy) is 2. The van der Waals surface area contributed by atoms with Gasteiger partial charge in [0.1, 0.15) is 5.60 Å². The molecule has 2 amide bonds. The lowest BCUT2D eigenvalue weighted by molar-refractivity contribution is 0.0591. The highest BCUT2D eigenvalue weighted by Crippen LogP contribution is 2.35. The quantitative estimate of drug-likeness (QED) is 0.637. The Morgan fingerprint density at radius 1 is 1.04 bits per heavy atom. The predicted octanol–water partition coefficient (Wildman–Crippen LogP) is 3.28. The average molecular weight is 378 g/mol. The second kappa shape index (κ2) is 7.40. The van der Waals surface area contributed by atoms with Crippen LogP contribution in [0.25, 0.3) is 10.8 Å². The lowest BCUT2D eigenvalue weighted by Gasteiger charge is -2.24. The Balaban J connectivity index is 1.36. The summed E-state index contributed by atoms with van der Waals surface area (Å²) in [4.78, 5) is 12.2. The zero-order valence-corrected chi connectivity index (χ0v) is 15.6. The van der Waals surface area contributed by atoms with Crippen molar-refractivity contribution in [2.75, 3.05) is 13.3 Å². The predicted molar refractivity (Wildman–Crippen MR) is 106 cm³/mol. The number of hydrogen-bond acceptors (Lipinski definition) is 4. The first-order chi connectivity index (χ1) is 13.5. The highest BCUT2D eigenvalue weighted by Gasteiger charge is 2.26. The fourth-order valence-corrected chi connectivity index (χ4v) is 3.27. The summed E-state index contributed by atoms with van der Waals surface area (Å²) in [5, 5.41) is 18.6. The van der Waals surface area contributed by atoms with E-state index >= 15 is 0 Å². The van der Waals surface area contributed by atoms with Crippen LogP contribution in [0.15, 0.2) is 60.7 Å². The van der Waals surface area contributed by atoms with Crippen LogP contribution in [0.1, 0.15) is 18.1 Å². The van der Waals surface area contributed by atoms with E-state index in [4.69, 9.17) is 9.47 Å². The first-order valence-corrected chi connectivity index (χ1v) is 9.14. The first kappa shape index (κ1) is 18.1. The number of benzene rings is 3. The van der Waals surface area contributed by atoms with Crippen molar-refractivity contribution in [1.29, 1.82) is 0 Å². The molecule has 0 spiro atoms. The molecule has 1 unspecified atom stereocenters. The molecular formula is C22H22N2O4.